The van der Waals surface area contributed by atoms with Gasteiger partial charge < -0.3 is 24.6 Å². The van der Waals surface area contributed by atoms with Crippen LogP contribution in [-0.2, 0) is 32.7 Å². The molecule has 0 fully saturated rings. The van der Waals surface area contributed by atoms with Crippen molar-refractivity contribution in [3.8, 4) is 0 Å². The Morgan fingerprint density at radius 2 is 0.845 bits per heavy atom. The van der Waals surface area contributed by atoms with Crippen LogP contribution in [0.15, 0.2) is 12.2 Å². The zero-order valence-corrected chi connectivity index (χ0v) is 38.4. The Morgan fingerprint density at radius 3 is 1.26 bits per heavy atom. The van der Waals surface area contributed by atoms with Crippen LogP contribution in [-0.4, -0.2) is 65.7 Å². The SMILES string of the molecule is CCCCCCCCCC/C=C/CCCCCC(=O)OC[C@H](COP(=O)(O)OC[C@@H](O)CO)OC(=O)CCCCCCCCCCCCCCCCCCCCCC. The topological polar surface area (TPSA) is 149 Å². The van der Waals surface area contributed by atoms with Crippen LogP contribution in [0.2, 0.25) is 0 Å². The van der Waals surface area contributed by atoms with Gasteiger partial charge in [-0.2, -0.15) is 0 Å². The normalized spacial score (nSPS) is 13.8. The van der Waals surface area contributed by atoms with Crippen LogP contribution in [0.3, 0.4) is 0 Å². The van der Waals surface area contributed by atoms with Crippen LogP contribution in [0.4, 0.5) is 0 Å². The molecule has 0 aromatic rings. The average Bonchev–Trinajstić information content (AvgIpc) is 3.21. The maximum Gasteiger partial charge on any atom is 0.472 e. The molecule has 0 aromatic carbocycles. The third-order valence-corrected chi connectivity index (χ3v) is 11.6. The number of hydrogen-bond donors (Lipinski definition) is 3. The maximum absolute atomic E-state index is 12.6. The monoisotopic (exact) mass is 847 g/mol. The molecule has 0 amide bonds. The number of unbranched alkanes of at least 4 members (excludes halogenated alkanes) is 30. The molecular formula is C47H91O10P. The first-order valence-corrected chi connectivity index (χ1v) is 25.6. The number of phosphoric ester groups is 1. The van der Waals surface area contributed by atoms with Crippen molar-refractivity contribution in [2.24, 2.45) is 0 Å². The zero-order chi connectivity index (χ0) is 42.6. The summed E-state index contributed by atoms with van der Waals surface area (Å²) in [6, 6.07) is 0. The van der Waals surface area contributed by atoms with Crippen molar-refractivity contribution < 1.29 is 47.8 Å². The van der Waals surface area contributed by atoms with Crippen molar-refractivity contribution in [1.29, 1.82) is 0 Å². The fraction of sp³-hybridized carbons (Fsp3) is 0.915. The van der Waals surface area contributed by atoms with E-state index in [1.807, 2.05) is 0 Å². The van der Waals surface area contributed by atoms with Crippen molar-refractivity contribution in [1.82, 2.24) is 0 Å². The van der Waals surface area contributed by atoms with Crippen LogP contribution in [0.5, 0.6) is 0 Å². The van der Waals surface area contributed by atoms with Gasteiger partial charge in [0.25, 0.3) is 0 Å². The average molecular weight is 847 g/mol. The standard InChI is InChI=1S/C47H91O10P/c1-3-5-7-9-11-13-15-17-19-20-21-22-23-25-27-29-31-33-35-37-39-47(51)57-45(43-56-58(52,53)55-41-44(49)40-48)42-54-46(50)38-36-34-32-30-28-26-24-18-16-14-12-10-8-6-4-2/h26,28,44-45,48-49H,3-25,27,29-43H2,1-2H3,(H,52,53)/b28-26+/t44-,45+/m0/s1. The van der Waals surface area contributed by atoms with Gasteiger partial charge in [-0.3, -0.25) is 18.6 Å². The highest BCUT2D eigenvalue weighted by Crippen LogP contribution is 2.43. The predicted molar refractivity (Wildman–Crippen MR) is 238 cm³/mol. The van der Waals surface area contributed by atoms with Gasteiger partial charge in [0.2, 0.25) is 0 Å². The van der Waals surface area contributed by atoms with Crippen LogP contribution >= 0.6 is 7.82 Å². The minimum atomic E-state index is -4.62. The van der Waals surface area contributed by atoms with E-state index in [0.29, 0.717) is 12.8 Å². The first-order valence-electron chi connectivity index (χ1n) is 24.1. The molecule has 0 aromatic heterocycles. The number of hydrogen-bond acceptors (Lipinski definition) is 9. The van der Waals surface area contributed by atoms with E-state index in [9.17, 15) is 24.2 Å². The van der Waals surface area contributed by atoms with Crippen molar-refractivity contribution in [2.45, 2.75) is 251 Å². The van der Waals surface area contributed by atoms with E-state index in [-0.39, 0.29) is 19.4 Å². The lowest BCUT2D eigenvalue weighted by Gasteiger charge is -2.20. The van der Waals surface area contributed by atoms with Gasteiger partial charge in [-0.1, -0.05) is 199 Å². The molecule has 0 saturated heterocycles. The number of phosphoric acid groups is 1. The van der Waals surface area contributed by atoms with E-state index in [0.717, 1.165) is 44.9 Å². The molecule has 3 atom stereocenters. The minimum Gasteiger partial charge on any atom is -0.462 e. The highest BCUT2D eigenvalue weighted by atomic mass is 31.2. The molecular weight excluding hydrogens is 755 g/mol. The lowest BCUT2D eigenvalue weighted by Crippen LogP contribution is -2.29. The van der Waals surface area contributed by atoms with Gasteiger partial charge in [-0.15, -0.1) is 0 Å². The lowest BCUT2D eigenvalue weighted by atomic mass is 10.0. The Kier molecular flexibility index (Phi) is 42.8. The molecule has 0 bridgehead atoms. The molecule has 0 saturated carbocycles. The van der Waals surface area contributed by atoms with E-state index in [1.54, 1.807) is 0 Å². The number of esters is 2. The van der Waals surface area contributed by atoms with Crippen molar-refractivity contribution in [3.63, 3.8) is 0 Å². The number of ether oxygens (including phenoxy) is 2. The van der Waals surface area contributed by atoms with E-state index < -0.39 is 51.8 Å². The Bertz CT molecular complexity index is 977. The van der Waals surface area contributed by atoms with Crippen LogP contribution in [0.1, 0.15) is 239 Å². The van der Waals surface area contributed by atoms with E-state index in [4.69, 9.17) is 23.6 Å². The highest BCUT2D eigenvalue weighted by molar-refractivity contribution is 7.47. The molecule has 11 heteroatoms. The summed E-state index contributed by atoms with van der Waals surface area (Å²) in [4.78, 5) is 35.1. The maximum atomic E-state index is 12.6. The van der Waals surface area contributed by atoms with Gasteiger partial charge in [0.15, 0.2) is 6.10 Å². The third kappa shape index (κ3) is 42.8. The molecule has 344 valence electrons. The summed E-state index contributed by atoms with van der Waals surface area (Å²) in [7, 11) is -4.62. The second-order valence-corrected chi connectivity index (χ2v) is 17.9. The van der Waals surface area contributed by atoms with E-state index in [2.05, 4.69) is 26.0 Å². The number of carbonyl (C=O) groups excluding carboxylic acids is 2. The van der Waals surface area contributed by atoms with E-state index >= 15 is 0 Å². The van der Waals surface area contributed by atoms with Gasteiger partial charge >= 0.3 is 19.8 Å². The molecule has 0 heterocycles. The summed E-state index contributed by atoms with van der Waals surface area (Å²) in [6.45, 7) is 2.41. The summed E-state index contributed by atoms with van der Waals surface area (Å²) < 4.78 is 32.8. The van der Waals surface area contributed by atoms with Crippen molar-refractivity contribution in [2.75, 3.05) is 26.4 Å². The predicted octanol–water partition coefficient (Wildman–Crippen LogP) is 13.2. The first kappa shape index (κ1) is 56.7. The van der Waals surface area contributed by atoms with E-state index in [1.165, 1.54) is 154 Å². The van der Waals surface area contributed by atoms with Crippen molar-refractivity contribution >= 4 is 19.8 Å². The third-order valence-electron chi connectivity index (χ3n) is 10.7. The summed E-state index contributed by atoms with van der Waals surface area (Å²) in [6.07, 6.45) is 43.2. The van der Waals surface area contributed by atoms with Gasteiger partial charge in [0, 0.05) is 12.8 Å². The van der Waals surface area contributed by atoms with Crippen molar-refractivity contribution in [3.05, 3.63) is 12.2 Å². The molecule has 1 unspecified atom stereocenters. The van der Waals surface area contributed by atoms with Gasteiger partial charge in [-0.25, -0.2) is 4.57 Å². The molecule has 10 nitrogen and oxygen atoms in total. The second-order valence-electron chi connectivity index (χ2n) is 16.5. The molecule has 0 aliphatic rings. The summed E-state index contributed by atoms with van der Waals surface area (Å²) in [5, 5.41) is 18.4. The smallest absolute Gasteiger partial charge is 0.462 e. The Morgan fingerprint density at radius 1 is 0.500 bits per heavy atom. The molecule has 0 aliphatic heterocycles. The number of aliphatic hydroxyl groups excluding tert-OH is 2. The molecule has 0 spiro atoms. The summed E-state index contributed by atoms with van der Waals surface area (Å²) >= 11 is 0. The fourth-order valence-electron chi connectivity index (χ4n) is 6.93. The second kappa shape index (κ2) is 43.8. The van der Waals surface area contributed by atoms with Gasteiger partial charge in [0.1, 0.15) is 12.7 Å². The minimum absolute atomic E-state index is 0.187. The summed E-state index contributed by atoms with van der Waals surface area (Å²) in [5.74, 6) is -0.929. The molecule has 3 N–H and O–H groups in total. The number of rotatable bonds is 46. The zero-order valence-electron chi connectivity index (χ0n) is 37.5. The van der Waals surface area contributed by atoms with Gasteiger partial charge in [-0.05, 0) is 38.5 Å². The Balaban J connectivity index is 4.19. The largest absolute Gasteiger partial charge is 0.472 e. The fourth-order valence-corrected chi connectivity index (χ4v) is 7.72. The van der Waals surface area contributed by atoms with Crippen LogP contribution in [0.25, 0.3) is 0 Å². The quantitative estimate of drug-likeness (QED) is 0.0234. The number of allylic oxidation sites excluding steroid dienone is 2. The molecule has 0 rings (SSSR count). The van der Waals surface area contributed by atoms with Gasteiger partial charge in [0.05, 0.1) is 19.8 Å². The van der Waals surface area contributed by atoms with Crippen LogP contribution in [0, 0.1) is 0 Å². The first-order chi connectivity index (χ1) is 28.2. The number of carbonyl (C=O) groups is 2. The Labute approximate surface area is 356 Å². The lowest BCUT2D eigenvalue weighted by molar-refractivity contribution is -0.161. The summed E-state index contributed by atoms with van der Waals surface area (Å²) in [5.41, 5.74) is 0. The molecule has 0 aliphatic carbocycles. The highest BCUT2D eigenvalue weighted by Gasteiger charge is 2.27. The molecule has 58 heavy (non-hydrogen) atoms. The molecule has 0 radical (unpaired) electrons. The Hall–Kier alpha value is -1.29. The number of aliphatic hydroxyl groups is 2. The van der Waals surface area contributed by atoms with Crippen LogP contribution < -0.4 is 0 Å².